The van der Waals surface area contributed by atoms with Gasteiger partial charge in [0.05, 0.1) is 6.10 Å². The van der Waals surface area contributed by atoms with Crippen LogP contribution < -0.4 is 5.32 Å². The lowest BCUT2D eigenvalue weighted by atomic mass is 10.1. The monoisotopic (exact) mass is 252 g/mol. The maximum Gasteiger partial charge on any atom is 0.317 e. The number of aliphatic hydroxyl groups is 1. The molecule has 0 aromatic heterocycles. The van der Waals surface area contributed by atoms with Crippen molar-refractivity contribution >= 4 is 6.03 Å². The summed E-state index contributed by atoms with van der Waals surface area (Å²) < 4.78 is 0. The number of aliphatic hydroxyl groups excluding tert-OH is 1. The molecule has 0 heterocycles. The van der Waals surface area contributed by atoms with Gasteiger partial charge < -0.3 is 15.3 Å². The number of hydrogen-bond donors (Lipinski definition) is 2. The second-order valence-corrected chi connectivity index (χ2v) is 5.03. The third-order valence-corrected chi connectivity index (χ3v) is 3.50. The van der Waals surface area contributed by atoms with Crippen LogP contribution in [0.3, 0.4) is 0 Å². The predicted octanol–water partition coefficient (Wildman–Crippen LogP) is 1.59. The highest BCUT2D eigenvalue weighted by Crippen LogP contribution is 2.25. The Morgan fingerprint density at radius 1 is 1.50 bits per heavy atom. The van der Waals surface area contributed by atoms with Crippen LogP contribution in [-0.4, -0.2) is 42.3 Å². The molecule has 1 saturated carbocycles. The van der Waals surface area contributed by atoms with Crippen LogP contribution in [0.25, 0.3) is 0 Å². The maximum absolute atomic E-state index is 11.8. The number of unbranched alkanes of at least 4 members (excludes halogenated alkanes) is 2. The third-order valence-electron chi connectivity index (χ3n) is 3.50. The van der Waals surface area contributed by atoms with Gasteiger partial charge in [0.25, 0.3) is 0 Å². The molecule has 102 valence electrons. The first kappa shape index (κ1) is 14.8. The topological polar surface area (TPSA) is 52.6 Å². The van der Waals surface area contributed by atoms with E-state index in [1.165, 1.54) is 0 Å². The summed E-state index contributed by atoms with van der Waals surface area (Å²) in [6, 6.07) is -0.0604. The van der Waals surface area contributed by atoms with E-state index in [0.717, 1.165) is 38.5 Å². The first-order valence-corrected chi connectivity index (χ1v) is 6.75. The van der Waals surface area contributed by atoms with E-state index in [2.05, 4.69) is 11.2 Å². The minimum atomic E-state index is -0.240. The van der Waals surface area contributed by atoms with E-state index >= 15 is 0 Å². The van der Waals surface area contributed by atoms with Gasteiger partial charge >= 0.3 is 6.03 Å². The van der Waals surface area contributed by atoms with Crippen molar-refractivity contribution in [1.29, 1.82) is 0 Å². The lowest BCUT2D eigenvalue weighted by molar-refractivity contribution is 0.114. The standard InChI is InChI=1S/C14H24N2O2/c1-3-4-5-6-10-15-14(18)16(2)11-12-8-7-9-13(12)17/h1,12-13,17H,4-11H2,2H3,(H,15,18). The van der Waals surface area contributed by atoms with Crippen molar-refractivity contribution in [3.63, 3.8) is 0 Å². The van der Waals surface area contributed by atoms with Crippen LogP contribution >= 0.6 is 0 Å². The van der Waals surface area contributed by atoms with Crippen LogP contribution in [0.5, 0.6) is 0 Å². The SMILES string of the molecule is C#CCCCCNC(=O)N(C)CC1CCCC1O. The minimum Gasteiger partial charge on any atom is -0.393 e. The molecule has 4 nitrogen and oxygen atoms in total. The second kappa shape index (κ2) is 7.99. The lowest BCUT2D eigenvalue weighted by Crippen LogP contribution is -2.41. The Morgan fingerprint density at radius 3 is 2.89 bits per heavy atom. The van der Waals surface area contributed by atoms with Gasteiger partial charge in [-0.25, -0.2) is 4.79 Å². The molecule has 1 fully saturated rings. The zero-order chi connectivity index (χ0) is 13.4. The fourth-order valence-electron chi connectivity index (χ4n) is 2.35. The van der Waals surface area contributed by atoms with Crippen molar-refractivity contribution in [3.8, 4) is 12.3 Å². The molecule has 0 radical (unpaired) electrons. The fraction of sp³-hybridized carbons (Fsp3) is 0.786. The van der Waals surface area contributed by atoms with Crippen molar-refractivity contribution in [1.82, 2.24) is 10.2 Å². The van der Waals surface area contributed by atoms with Crippen LogP contribution in [0, 0.1) is 18.3 Å². The third kappa shape index (κ3) is 4.97. The summed E-state index contributed by atoms with van der Waals surface area (Å²) in [5, 5.41) is 12.6. The summed E-state index contributed by atoms with van der Waals surface area (Å²) in [6.45, 7) is 1.30. The Balaban J connectivity index is 2.14. The van der Waals surface area contributed by atoms with Gasteiger partial charge in [-0.3, -0.25) is 0 Å². The van der Waals surface area contributed by atoms with E-state index in [1.54, 1.807) is 11.9 Å². The smallest absolute Gasteiger partial charge is 0.317 e. The Hall–Kier alpha value is -1.21. The molecular weight excluding hydrogens is 228 g/mol. The number of amides is 2. The number of carbonyl (C=O) groups is 1. The van der Waals surface area contributed by atoms with Gasteiger partial charge in [-0.05, 0) is 25.7 Å². The van der Waals surface area contributed by atoms with Crippen molar-refractivity contribution in [2.24, 2.45) is 5.92 Å². The van der Waals surface area contributed by atoms with Gasteiger partial charge in [0.15, 0.2) is 0 Å². The summed E-state index contributed by atoms with van der Waals surface area (Å²) in [7, 11) is 1.78. The zero-order valence-electron chi connectivity index (χ0n) is 11.2. The van der Waals surface area contributed by atoms with Crippen LogP contribution in [0.15, 0.2) is 0 Å². The molecule has 0 bridgehead atoms. The number of nitrogens with one attached hydrogen (secondary N) is 1. The Bertz CT molecular complexity index is 299. The second-order valence-electron chi connectivity index (χ2n) is 5.03. The van der Waals surface area contributed by atoms with E-state index in [0.29, 0.717) is 13.1 Å². The van der Waals surface area contributed by atoms with E-state index in [1.807, 2.05) is 0 Å². The van der Waals surface area contributed by atoms with Gasteiger partial charge in [0, 0.05) is 32.5 Å². The molecular formula is C14H24N2O2. The van der Waals surface area contributed by atoms with E-state index in [4.69, 9.17) is 6.42 Å². The number of hydrogen-bond acceptors (Lipinski definition) is 2. The average molecular weight is 252 g/mol. The molecule has 1 rings (SSSR count). The molecule has 2 N–H and O–H groups in total. The van der Waals surface area contributed by atoms with Crippen molar-refractivity contribution in [2.45, 2.75) is 44.6 Å². The maximum atomic E-state index is 11.8. The molecule has 0 aliphatic heterocycles. The molecule has 1 aliphatic rings. The molecule has 2 amide bonds. The van der Waals surface area contributed by atoms with Crippen molar-refractivity contribution in [3.05, 3.63) is 0 Å². The molecule has 0 saturated heterocycles. The largest absolute Gasteiger partial charge is 0.393 e. The molecule has 0 spiro atoms. The molecule has 18 heavy (non-hydrogen) atoms. The molecule has 1 aliphatic carbocycles. The molecule has 0 aromatic carbocycles. The zero-order valence-corrected chi connectivity index (χ0v) is 11.2. The summed E-state index contributed by atoms with van der Waals surface area (Å²) >= 11 is 0. The highest BCUT2D eigenvalue weighted by molar-refractivity contribution is 5.73. The summed E-state index contributed by atoms with van der Waals surface area (Å²) in [5.74, 6) is 2.82. The van der Waals surface area contributed by atoms with Crippen LogP contribution in [0.4, 0.5) is 4.79 Å². The highest BCUT2D eigenvalue weighted by atomic mass is 16.3. The number of rotatable bonds is 6. The van der Waals surface area contributed by atoms with E-state index in [9.17, 15) is 9.90 Å². The lowest BCUT2D eigenvalue weighted by Gasteiger charge is -2.23. The van der Waals surface area contributed by atoms with E-state index in [-0.39, 0.29) is 18.1 Å². The number of urea groups is 1. The fourth-order valence-corrected chi connectivity index (χ4v) is 2.35. The number of terminal acetylenes is 1. The number of nitrogens with zero attached hydrogens (tertiary/aromatic N) is 1. The Labute approximate surface area is 110 Å². The van der Waals surface area contributed by atoms with Crippen LogP contribution in [0.1, 0.15) is 38.5 Å². The van der Waals surface area contributed by atoms with Crippen molar-refractivity contribution < 1.29 is 9.90 Å². The predicted molar refractivity (Wildman–Crippen MR) is 72.1 cm³/mol. The van der Waals surface area contributed by atoms with Gasteiger partial charge in [-0.2, -0.15) is 0 Å². The molecule has 2 unspecified atom stereocenters. The first-order valence-electron chi connectivity index (χ1n) is 6.75. The summed E-state index contributed by atoms with van der Waals surface area (Å²) in [5.41, 5.74) is 0. The van der Waals surface area contributed by atoms with Crippen molar-refractivity contribution in [2.75, 3.05) is 20.1 Å². The molecule has 4 heteroatoms. The van der Waals surface area contributed by atoms with E-state index < -0.39 is 0 Å². The number of carbonyl (C=O) groups excluding carboxylic acids is 1. The highest BCUT2D eigenvalue weighted by Gasteiger charge is 2.27. The van der Waals surface area contributed by atoms with Crippen LogP contribution in [0.2, 0.25) is 0 Å². The Morgan fingerprint density at radius 2 is 2.28 bits per heavy atom. The van der Waals surface area contributed by atoms with Gasteiger partial charge in [-0.15, -0.1) is 12.3 Å². The molecule has 0 aromatic rings. The first-order chi connectivity index (χ1) is 8.65. The Kier molecular flexibility index (Phi) is 6.59. The summed E-state index contributed by atoms with van der Waals surface area (Å²) in [6.07, 6.45) is 10.5. The quantitative estimate of drug-likeness (QED) is 0.557. The molecule has 2 atom stereocenters. The summed E-state index contributed by atoms with van der Waals surface area (Å²) in [4.78, 5) is 13.4. The van der Waals surface area contributed by atoms with Crippen LogP contribution in [-0.2, 0) is 0 Å². The van der Waals surface area contributed by atoms with Gasteiger partial charge in [-0.1, -0.05) is 6.42 Å². The average Bonchev–Trinajstić information content (AvgIpc) is 2.74. The van der Waals surface area contributed by atoms with Gasteiger partial charge in [0.2, 0.25) is 0 Å². The minimum absolute atomic E-state index is 0.0604. The van der Waals surface area contributed by atoms with Gasteiger partial charge in [0.1, 0.15) is 0 Å². The normalized spacial score (nSPS) is 22.5.